The van der Waals surface area contributed by atoms with Crippen LogP contribution in [0, 0.1) is 3.57 Å². The molecule has 0 aliphatic heterocycles. The number of rotatable bonds is 2. The Hall–Kier alpha value is -0.880. The van der Waals surface area contributed by atoms with Crippen molar-refractivity contribution in [2.75, 3.05) is 0 Å². The lowest BCUT2D eigenvalue weighted by atomic mass is 10.1. The molecule has 0 spiro atoms. The van der Waals surface area contributed by atoms with Crippen molar-refractivity contribution in [3.05, 3.63) is 38.6 Å². The Morgan fingerprint density at radius 1 is 1.35 bits per heavy atom. The Balaban J connectivity index is 2.59. The molecular weight excluding hydrogens is 351 g/mol. The van der Waals surface area contributed by atoms with Gasteiger partial charge in [-0.25, -0.2) is 0 Å². The first-order chi connectivity index (χ1) is 8.00. The summed E-state index contributed by atoms with van der Waals surface area (Å²) < 4.78 is 2.60. The van der Waals surface area contributed by atoms with Gasteiger partial charge in [0.2, 0.25) is 0 Å². The second-order valence-corrected chi connectivity index (χ2v) is 5.21. The molecule has 0 saturated heterocycles. The van der Waals surface area contributed by atoms with E-state index in [-0.39, 0.29) is 5.78 Å². The predicted octanol–water partition coefficient (Wildman–Crippen LogP) is 3.55. The van der Waals surface area contributed by atoms with E-state index in [0.717, 1.165) is 14.8 Å². The van der Waals surface area contributed by atoms with E-state index in [9.17, 15) is 4.79 Å². The number of hydrogen-bond donors (Lipinski definition) is 0. The predicted molar refractivity (Wildman–Crippen MR) is 76.4 cm³/mol. The number of Topliss-reactive ketones (excluding diaryl/α,β-unsaturated/α-hetero) is 1. The highest BCUT2D eigenvalue weighted by Gasteiger charge is 2.17. The molecule has 2 aromatic rings. The molecule has 0 fully saturated rings. The van der Waals surface area contributed by atoms with Crippen LogP contribution in [-0.4, -0.2) is 15.6 Å². The number of aromatic nitrogens is 2. The lowest BCUT2D eigenvalue weighted by Gasteiger charge is -2.02. The van der Waals surface area contributed by atoms with Gasteiger partial charge < -0.3 is 0 Å². The zero-order chi connectivity index (χ0) is 12.6. The lowest BCUT2D eigenvalue weighted by Crippen LogP contribution is -1.97. The van der Waals surface area contributed by atoms with Crippen LogP contribution < -0.4 is 0 Å². The maximum atomic E-state index is 11.4. The molecule has 0 atom stereocenters. The molecule has 2 rings (SSSR count). The molecule has 1 heterocycles. The molecular formula is C12H10ClIN2O. The van der Waals surface area contributed by atoms with Crippen molar-refractivity contribution in [2.24, 2.45) is 7.05 Å². The molecule has 0 saturated carbocycles. The van der Waals surface area contributed by atoms with Crippen molar-refractivity contribution < 1.29 is 4.79 Å². The van der Waals surface area contributed by atoms with Crippen LogP contribution in [0.1, 0.15) is 17.4 Å². The first kappa shape index (κ1) is 12.6. The fourth-order valence-corrected chi connectivity index (χ4v) is 2.92. The second kappa shape index (κ2) is 4.78. The summed E-state index contributed by atoms with van der Waals surface area (Å²) in [6.45, 7) is 1.52. The van der Waals surface area contributed by atoms with E-state index in [2.05, 4.69) is 27.7 Å². The number of carbonyl (C=O) groups excluding carboxylic acids is 1. The van der Waals surface area contributed by atoms with Crippen LogP contribution in [0.15, 0.2) is 24.3 Å². The van der Waals surface area contributed by atoms with Crippen molar-refractivity contribution in [2.45, 2.75) is 6.92 Å². The highest BCUT2D eigenvalue weighted by molar-refractivity contribution is 14.1. The van der Waals surface area contributed by atoms with Crippen molar-refractivity contribution in [1.82, 2.24) is 9.78 Å². The van der Waals surface area contributed by atoms with Gasteiger partial charge in [0.05, 0.1) is 9.26 Å². The number of hydrogen-bond acceptors (Lipinski definition) is 2. The van der Waals surface area contributed by atoms with E-state index in [0.29, 0.717) is 10.7 Å². The van der Waals surface area contributed by atoms with Crippen molar-refractivity contribution in [3.8, 4) is 11.3 Å². The van der Waals surface area contributed by atoms with Gasteiger partial charge in [-0.2, -0.15) is 5.10 Å². The molecule has 17 heavy (non-hydrogen) atoms. The van der Waals surface area contributed by atoms with Crippen LogP contribution >= 0.6 is 34.2 Å². The first-order valence-electron chi connectivity index (χ1n) is 5.00. The van der Waals surface area contributed by atoms with E-state index in [1.165, 1.54) is 6.92 Å². The summed E-state index contributed by atoms with van der Waals surface area (Å²) in [4.78, 5) is 11.4. The van der Waals surface area contributed by atoms with Crippen LogP contribution in [0.2, 0.25) is 5.02 Å². The third kappa shape index (κ3) is 2.37. The quantitative estimate of drug-likeness (QED) is 0.606. The summed E-state index contributed by atoms with van der Waals surface area (Å²) in [6, 6.07) is 7.50. The summed E-state index contributed by atoms with van der Waals surface area (Å²) >= 11 is 8.01. The highest BCUT2D eigenvalue weighted by Crippen LogP contribution is 2.28. The minimum atomic E-state index is -0.0230. The Bertz CT molecular complexity index is 575. The molecule has 1 aromatic heterocycles. The summed E-state index contributed by atoms with van der Waals surface area (Å²) in [6.07, 6.45) is 0. The van der Waals surface area contributed by atoms with E-state index < -0.39 is 0 Å². The van der Waals surface area contributed by atoms with Gasteiger partial charge in [0.15, 0.2) is 5.78 Å². The Labute approximate surface area is 118 Å². The van der Waals surface area contributed by atoms with Gasteiger partial charge in [-0.05, 0) is 34.7 Å². The summed E-state index contributed by atoms with van der Waals surface area (Å²) in [5, 5.41) is 4.93. The van der Waals surface area contributed by atoms with Crippen LogP contribution in [0.25, 0.3) is 11.3 Å². The second-order valence-electron chi connectivity index (χ2n) is 3.70. The van der Waals surface area contributed by atoms with Crippen LogP contribution in [0.5, 0.6) is 0 Å². The number of carbonyl (C=O) groups is 1. The van der Waals surface area contributed by atoms with Gasteiger partial charge in [-0.15, -0.1) is 0 Å². The number of halogens is 2. The van der Waals surface area contributed by atoms with E-state index in [1.54, 1.807) is 4.68 Å². The maximum Gasteiger partial charge on any atom is 0.181 e. The van der Waals surface area contributed by atoms with Crippen molar-refractivity contribution in [1.29, 1.82) is 0 Å². The third-order valence-electron chi connectivity index (χ3n) is 2.44. The third-order valence-corrected chi connectivity index (χ3v) is 3.71. The summed E-state index contributed by atoms with van der Waals surface area (Å²) in [7, 11) is 1.83. The molecule has 88 valence electrons. The molecule has 0 bridgehead atoms. The SMILES string of the molecule is CC(=O)c1nn(C)c(-c2ccc(Cl)cc2)c1I. The number of benzene rings is 1. The molecule has 5 heteroatoms. The average Bonchev–Trinajstić information content (AvgIpc) is 2.56. The molecule has 1 aromatic carbocycles. The van der Waals surface area contributed by atoms with Gasteiger partial charge in [0.1, 0.15) is 5.69 Å². The summed E-state index contributed by atoms with van der Waals surface area (Å²) in [5.74, 6) is -0.0230. The topological polar surface area (TPSA) is 34.9 Å². The first-order valence-corrected chi connectivity index (χ1v) is 6.45. The molecule has 0 amide bonds. The zero-order valence-electron chi connectivity index (χ0n) is 9.37. The molecule has 0 radical (unpaired) electrons. The van der Waals surface area contributed by atoms with Crippen LogP contribution in [-0.2, 0) is 7.05 Å². The minimum absolute atomic E-state index is 0.0230. The van der Waals surface area contributed by atoms with E-state index in [4.69, 9.17) is 11.6 Å². The number of nitrogens with zero attached hydrogens (tertiary/aromatic N) is 2. The minimum Gasteiger partial charge on any atom is -0.293 e. The van der Waals surface area contributed by atoms with Crippen molar-refractivity contribution in [3.63, 3.8) is 0 Å². The molecule has 0 unspecified atom stereocenters. The van der Waals surface area contributed by atoms with Gasteiger partial charge in [-0.3, -0.25) is 9.48 Å². The van der Waals surface area contributed by atoms with Gasteiger partial charge in [0.25, 0.3) is 0 Å². The smallest absolute Gasteiger partial charge is 0.181 e. The van der Waals surface area contributed by atoms with E-state index >= 15 is 0 Å². The fourth-order valence-electron chi connectivity index (χ4n) is 1.64. The van der Waals surface area contributed by atoms with Gasteiger partial charge in [-0.1, -0.05) is 23.7 Å². The molecule has 0 aliphatic rings. The normalized spacial score (nSPS) is 10.6. The van der Waals surface area contributed by atoms with E-state index in [1.807, 2.05) is 31.3 Å². The zero-order valence-corrected chi connectivity index (χ0v) is 12.3. The fraction of sp³-hybridized carbons (Fsp3) is 0.167. The number of ketones is 1. The average molecular weight is 361 g/mol. The van der Waals surface area contributed by atoms with Gasteiger partial charge >= 0.3 is 0 Å². The lowest BCUT2D eigenvalue weighted by molar-refractivity contribution is 0.101. The highest BCUT2D eigenvalue weighted by atomic mass is 127. The Morgan fingerprint density at radius 2 is 1.94 bits per heavy atom. The molecule has 3 nitrogen and oxygen atoms in total. The largest absolute Gasteiger partial charge is 0.293 e. The molecule has 0 N–H and O–H groups in total. The van der Waals surface area contributed by atoms with Crippen LogP contribution in [0.3, 0.4) is 0 Å². The van der Waals surface area contributed by atoms with Crippen molar-refractivity contribution >= 4 is 40.0 Å². The standard InChI is InChI=1S/C12H10ClIN2O/c1-7(17)11-10(14)12(16(2)15-11)8-3-5-9(13)6-4-8/h3-6H,1-2H3. The summed E-state index contributed by atoms with van der Waals surface area (Å²) in [5.41, 5.74) is 2.45. The number of aryl methyl sites for hydroxylation is 1. The van der Waals surface area contributed by atoms with Crippen LogP contribution in [0.4, 0.5) is 0 Å². The Kier molecular flexibility index (Phi) is 3.53. The van der Waals surface area contributed by atoms with Gasteiger partial charge in [0, 0.05) is 24.6 Å². The Morgan fingerprint density at radius 3 is 2.41 bits per heavy atom. The monoisotopic (exact) mass is 360 g/mol. The maximum absolute atomic E-state index is 11.4. The molecule has 0 aliphatic carbocycles.